The van der Waals surface area contributed by atoms with Gasteiger partial charge in [-0.15, -0.1) is 0 Å². The van der Waals surface area contributed by atoms with Gasteiger partial charge in [-0.25, -0.2) is 8.42 Å². The highest BCUT2D eigenvalue weighted by atomic mass is 32.2. The summed E-state index contributed by atoms with van der Waals surface area (Å²) in [6.45, 7) is 2.26. The summed E-state index contributed by atoms with van der Waals surface area (Å²) in [5.41, 5.74) is 5.64. The average Bonchev–Trinajstić information content (AvgIpc) is 2.83. The average molecular weight is 492 g/mol. The van der Waals surface area contributed by atoms with Crippen LogP contribution in [0, 0.1) is 0 Å². The first-order chi connectivity index (χ1) is 16.1. The Morgan fingerprint density at radius 2 is 1.65 bits per heavy atom. The lowest BCUT2D eigenvalue weighted by molar-refractivity contribution is 0.100. The van der Waals surface area contributed by atoms with Gasteiger partial charge in [0.2, 0.25) is 10.0 Å². The maximum Gasteiger partial charge on any atom is 0.255 e. The van der Waals surface area contributed by atoms with Gasteiger partial charge in [0, 0.05) is 24.2 Å². The fourth-order valence-electron chi connectivity index (χ4n) is 3.96. The summed E-state index contributed by atoms with van der Waals surface area (Å²) in [5.74, 6) is -0.741. The predicted octanol–water partition coefficient (Wildman–Crippen LogP) is 2.63. The van der Waals surface area contributed by atoms with E-state index in [1.807, 2.05) is 6.92 Å². The first-order valence-electron chi connectivity index (χ1n) is 10.7. The molecule has 1 aliphatic heterocycles. The Morgan fingerprint density at radius 3 is 2.24 bits per heavy atom. The van der Waals surface area contributed by atoms with Crippen LogP contribution in [0.25, 0.3) is 0 Å². The summed E-state index contributed by atoms with van der Waals surface area (Å²) in [6, 6.07) is 6.75. The van der Waals surface area contributed by atoms with Crippen molar-refractivity contribution >= 4 is 27.5 Å². The lowest BCUT2D eigenvalue weighted by Gasteiger charge is -2.32. The standard InChI is InChI=1S/C23H29N3O7S/c1-14-7-5-6-10-26(14)34(29,30)21-11-15(8-9-18(21)31-2)23(28)25-17-13-20(33-4)19(32-3)12-16(17)22(24)27/h8-9,11-14H,5-7,10H2,1-4H3,(H2,24,27)(H,25,28). The summed E-state index contributed by atoms with van der Waals surface area (Å²) in [7, 11) is 0.284. The van der Waals surface area contributed by atoms with Gasteiger partial charge in [0.1, 0.15) is 10.6 Å². The Hall–Kier alpha value is -3.31. The van der Waals surface area contributed by atoms with Crippen molar-refractivity contribution in [2.24, 2.45) is 5.73 Å². The highest BCUT2D eigenvalue weighted by molar-refractivity contribution is 7.89. The van der Waals surface area contributed by atoms with E-state index >= 15 is 0 Å². The number of hydrogen-bond acceptors (Lipinski definition) is 7. The van der Waals surface area contributed by atoms with Crippen molar-refractivity contribution in [2.75, 3.05) is 33.2 Å². The Kier molecular flexibility index (Phi) is 7.68. The number of piperidine rings is 1. The zero-order valence-corrected chi connectivity index (χ0v) is 20.4. The molecule has 1 fully saturated rings. The molecule has 1 aliphatic rings. The molecule has 3 N–H and O–H groups in total. The molecule has 11 heteroatoms. The van der Waals surface area contributed by atoms with Gasteiger partial charge in [0.25, 0.3) is 11.8 Å². The van der Waals surface area contributed by atoms with Crippen LogP contribution in [0.5, 0.6) is 17.2 Å². The number of methoxy groups -OCH3 is 3. The molecule has 2 aromatic rings. The third-order valence-electron chi connectivity index (χ3n) is 5.79. The quantitative estimate of drug-likeness (QED) is 0.579. The van der Waals surface area contributed by atoms with Gasteiger partial charge in [-0.3, -0.25) is 9.59 Å². The van der Waals surface area contributed by atoms with E-state index in [1.165, 1.54) is 56.0 Å². The molecule has 0 aliphatic carbocycles. The lowest BCUT2D eigenvalue weighted by atomic mass is 10.1. The van der Waals surface area contributed by atoms with E-state index < -0.39 is 21.8 Å². The van der Waals surface area contributed by atoms with Gasteiger partial charge >= 0.3 is 0 Å². The van der Waals surface area contributed by atoms with E-state index in [1.54, 1.807) is 0 Å². The third kappa shape index (κ3) is 4.95. The van der Waals surface area contributed by atoms with Crippen LogP contribution in [-0.4, -0.2) is 58.5 Å². The fraction of sp³-hybridized carbons (Fsp3) is 0.391. The van der Waals surface area contributed by atoms with E-state index in [9.17, 15) is 18.0 Å². The molecule has 0 bridgehead atoms. The zero-order valence-electron chi connectivity index (χ0n) is 19.6. The van der Waals surface area contributed by atoms with E-state index in [2.05, 4.69) is 5.32 Å². The Morgan fingerprint density at radius 1 is 1.00 bits per heavy atom. The van der Waals surface area contributed by atoms with Gasteiger partial charge in [0.05, 0.1) is 32.6 Å². The second kappa shape index (κ2) is 10.3. The number of carbonyl (C=O) groups is 2. The van der Waals surface area contributed by atoms with Crippen LogP contribution in [-0.2, 0) is 10.0 Å². The second-order valence-corrected chi connectivity index (χ2v) is 9.76. The number of carbonyl (C=O) groups excluding carboxylic acids is 2. The van der Waals surface area contributed by atoms with Crippen LogP contribution >= 0.6 is 0 Å². The van der Waals surface area contributed by atoms with Crippen LogP contribution in [0.15, 0.2) is 35.2 Å². The molecule has 1 atom stereocenters. The molecule has 1 unspecified atom stereocenters. The molecule has 0 radical (unpaired) electrons. The number of anilines is 1. The van der Waals surface area contributed by atoms with E-state index in [4.69, 9.17) is 19.9 Å². The Bertz CT molecular complexity index is 1200. The number of rotatable bonds is 8. The number of primary amides is 1. The van der Waals surface area contributed by atoms with Crippen molar-refractivity contribution in [3.05, 3.63) is 41.5 Å². The molecule has 10 nitrogen and oxygen atoms in total. The molecule has 0 aromatic heterocycles. The number of nitrogens with one attached hydrogen (secondary N) is 1. The van der Waals surface area contributed by atoms with Crippen molar-refractivity contribution in [1.82, 2.24) is 4.31 Å². The van der Waals surface area contributed by atoms with Crippen LogP contribution in [0.3, 0.4) is 0 Å². The minimum Gasteiger partial charge on any atom is -0.495 e. The summed E-state index contributed by atoms with van der Waals surface area (Å²) >= 11 is 0. The van der Waals surface area contributed by atoms with Crippen molar-refractivity contribution in [1.29, 1.82) is 0 Å². The van der Waals surface area contributed by atoms with Crippen LogP contribution < -0.4 is 25.3 Å². The van der Waals surface area contributed by atoms with Crippen molar-refractivity contribution in [3.8, 4) is 17.2 Å². The van der Waals surface area contributed by atoms with Crippen molar-refractivity contribution < 1.29 is 32.2 Å². The summed E-state index contributed by atoms with van der Waals surface area (Å²) < 4.78 is 44.0. The Labute approximate surface area is 199 Å². The molecule has 2 amide bonds. The molecule has 2 aromatic carbocycles. The molecular weight excluding hydrogens is 462 g/mol. The molecule has 1 saturated heterocycles. The molecule has 3 rings (SSSR count). The zero-order chi connectivity index (χ0) is 25.0. The normalized spacial score (nSPS) is 16.5. The monoisotopic (exact) mass is 491 g/mol. The minimum atomic E-state index is -3.91. The molecule has 0 saturated carbocycles. The smallest absolute Gasteiger partial charge is 0.255 e. The fourth-order valence-corrected chi connectivity index (χ4v) is 5.84. The van der Waals surface area contributed by atoms with Crippen LogP contribution in [0.1, 0.15) is 46.9 Å². The first kappa shape index (κ1) is 25.3. The summed E-state index contributed by atoms with van der Waals surface area (Å²) in [4.78, 5) is 24.9. The molecule has 34 heavy (non-hydrogen) atoms. The van der Waals surface area contributed by atoms with Gasteiger partial charge in [-0.05, 0) is 44.0 Å². The second-order valence-electron chi connectivity index (χ2n) is 7.90. The van der Waals surface area contributed by atoms with Gasteiger partial charge in [-0.1, -0.05) is 6.42 Å². The van der Waals surface area contributed by atoms with Crippen LogP contribution in [0.4, 0.5) is 5.69 Å². The lowest BCUT2D eigenvalue weighted by Crippen LogP contribution is -2.42. The highest BCUT2D eigenvalue weighted by Crippen LogP contribution is 2.35. The maximum atomic E-state index is 13.4. The first-order valence-corrected chi connectivity index (χ1v) is 12.1. The van der Waals surface area contributed by atoms with Crippen molar-refractivity contribution in [2.45, 2.75) is 37.1 Å². The number of sulfonamides is 1. The number of nitrogens with zero attached hydrogens (tertiary/aromatic N) is 1. The molecule has 1 heterocycles. The SMILES string of the molecule is COc1cc(NC(=O)c2ccc(OC)c(S(=O)(=O)N3CCCCC3C)c2)c(C(N)=O)cc1OC. The number of amides is 2. The third-order valence-corrected chi connectivity index (χ3v) is 7.83. The van der Waals surface area contributed by atoms with Gasteiger partial charge < -0.3 is 25.3 Å². The Balaban J connectivity index is 2.01. The van der Waals surface area contributed by atoms with Gasteiger partial charge in [0.15, 0.2) is 11.5 Å². The van der Waals surface area contributed by atoms with Gasteiger partial charge in [-0.2, -0.15) is 4.31 Å². The number of nitrogens with two attached hydrogens (primary N) is 1. The number of benzene rings is 2. The predicted molar refractivity (Wildman–Crippen MR) is 126 cm³/mol. The van der Waals surface area contributed by atoms with Crippen LogP contribution in [0.2, 0.25) is 0 Å². The molecule has 184 valence electrons. The summed E-state index contributed by atoms with van der Waals surface area (Å²) in [5, 5.41) is 2.61. The summed E-state index contributed by atoms with van der Waals surface area (Å²) in [6.07, 6.45) is 2.48. The van der Waals surface area contributed by atoms with E-state index in [0.717, 1.165) is 19.3 Å². The van der Waals surface area contributed by atoms with E-state index in [-0.39, 0.29) is 45.0 Å². The molecule has 0 spiro atoms. The number of hydrogen-bond donors (Lipinski definition) is 2. The topological polar surface area (TPSA) is 137 Å². The largest absolute Gasteiger partial charge is 0.495 e. The highest BCUT2D eigenvalue weighted by Gasteiger charge is 2.33. The molecular formula is C23H29N3O7S. The van der Waals surface area contributed by atoms with E-state index in [0.29, 0.717) is 6.54 Å². The maximum absolute atomic E-state index is 13.4. The minimum absolute atomic E-state index is 0.00879. The number of ether oxygens (including phenoxy) is 3. The van der Waals surface area contributed by atoms with Crippen molar-refractivity contribution in [3.63, 3.8) is 0 Å².